The van der Waals surface area contributed by atoms with Gasteiger partial charge < -0.3 is 14.2 Å². The van der Waals surface area contributed by atoms with Gasteiger partial charge in [0.2, 0.25) is 0 Å². The second kappa shape index (κ2) is 19.4. The van der Waals surface area contributed by atoms with Crippen LogP contribution in [0.1, 0.15) is 74.9 Å². The van der Waals surface area contributed by atoms with Gasteiger partial charge in [-0.3, -0.25) is 0 Å². The van der Waals surface area contributed by atoms with Gasteiger partial charge in [-0.1, -0.05) is 236 Å². The summed E-state index contributed by atoms with van der Waals surface area (Å²) in [6, 6.07) is 104. The van der Waals surface area contributed by atoms with Crippen molar-refractivity contribution in [3.8, 4) is 44.5 Å². The third-order valence-electron chi connectivity index (χ3n) is 18.6. The largest absolute Gasteiger partial charge is 0.454 e. The molecule has 2 aliphatic rings. The van der Waals surface area contributed by atoms with Crippen LogP contribution in [0.15, 0.2) is 283 Å². The van der Waals surface area contributed by atoms with E-state index in [2.05, 4.69) is 330 Å². The molecule has 1 spiro atoms. The van der Waals surface area contributed by atoms with Crippen LogP contribution in [-0.4, -0.2) is 0 Å². The fourth-order valence-corrected chi connectivity index (χ4v) is 14.2. The Bertz CT molecular complexity index is 4950. The van der Waals surface area contributed by atoms with Crippen molar-refractivity contribution in [1.82, 2.24) is 0 Å². The molecule has 86 heavy (non-hydrogen) atoms. The fraction of sp³-hybridized carbons (Fsp3) is 0.108. The van der Waals surface area contributed by atoms with Crippen molar-refractivity contribution in [3.63, 3.8) is 0 Å². The van der Waals surface area contributed by atoms with Crippen LogP contribution < -0.4 is 9.80 Å². The number of hydrogen-bond donors (Lipinski definition) is 0. The predicted octanol–water partition coefficient (Wildman–Crippen LogP) is 23.1. The van der Waals surface area contributed by atoms with E-state index in [1.165, 1.54) is 93.9 Å². The molecule has 3 nitrogen and oxygen atoms in total. The number of anilines is 6. The lowest BCUT2D eigenvalue weighted by molar-refractivity contribution is 0.590. The van der Waals surface area contributed by atoms with E-state index in [1.807, 2.05) is 0 Å². The average Bonchev–Trinajstić information content (AvgIpc) is 1.57. The predicted molar refractivity (Wildman–Crippen MR) is 363 cm³/mol. The maximum atomic E-state index is 7.37. The molecular formula is C83H64N2O. The molecule has 0 saturated carbocycles. The average molecular weight is 1110 g/mol. The topological polar surface area (TPSA) is 19.6 Å². The Morgan fingerprint density at radius 3 is 1.27 bits per heavy atom. The van der Waals surface area contributed by atoms with Crippen molar-refractivity contribution in [3.05, 3.63) is 312 Å². The van der Waals surface area contributed by atoms with Crippen molar-refractivity contribution in [2.24, 2.45) is 0 Å². The Morgan fingerprint density at radius 1 is 0.314 bits per heavy atom. The summed E-state index contributed by atoms with van der Waals surface area (Å²) in [6.07, 6.45) is 0. The summed E-state index contributed by atoms with van der Waals surface area (Å²) in [5, 5.41) is 7.15. The molecule has 0 fully saturated rings. The number of nitrogens with zero attached hydrogens (tertiary/aromatic N) is 2. The molecule has 0 saturated heterocycles. The summed E-state index contributed by atoms with van der Waals surface area (Å²) in [6.45, 7) is 13.7. The number of benzene rings is 13. The molecular weight excluding hydrogens is 1040 g/mol. The summed E-state index contributed by atoms with van der Waals surface area (Å²) in [5.41, 5.74) is 24.5. The third-order valence-corrected chi connectivity index (χ3v) is 18.6. The van der Waals surface area contributed by atoms with Crippen LogP contribution in [0.5, 0.6) is 0 Å². The highest BCUT2D eigenvalue weighted by atomic mass is 16.3. The van der Waals surface area contributed by atoms with Crippen molar-refractivity contribution in [1.29, 1.82) is 0 Å². The SMILES string of the molecule is CC(C)(C)c1ccc(N(c2ccc(-c3ccc4ccccc4c3)cc2)c2ccc3c(c2)C2(c4ccccc4-c4ccccc42)c2cc(N(c4ccc(-c5ccc6ccccc6c5)cc4)c4ccc(C(C)(C)C)cc4)c4oc5ccccc5c4c2-3)cc1. The van der Waals surface area contributed by atoms with E-state index in [-0.39, 0.29) is 10.8 Å². The molecule has 13 aromatic carbocycles. The van der Waals surface area contributed by atoms with Gasteiger partial charge in [0.05, 0.1) is 11.1 Å². The summed E-state index contributed by atoms with van der Waals surface area (Å²) < 4.78 is 7.37. The summed E-state index contributed by atoms with van der Waals surface area (Å²) >= 11 is 0. The smallest absolute Gasteiger partial charge is 0.160 e. The van der Waals surface area contributed by atoms with Crippen molar-refractivity contribution >= 4 is 77.6 Å². The Morgan fingerprint density at radius 2 is 0.744 bits per heavy atom. The van der Waals surface area contributed by atoms with Crippen LogP contribution in [0, 0.1) is 0 Å². The molecule has 1 aromatic heterocycles. The zero-order valence-electron chi connectivity index (χ0n) is 49.4. The molecule has 0 radical (unpaired) electrons. The van der Waals surface area contributed by atoms with Crippen LogP contribution in [0.3, 0.4) is 0 Å². The molecule has 14 aromatic rings. The van der Waals surface area contributed by atoms with E-state index in [4.69, 9.17) is 4.42 Å². The zero-order valence-corrected chi connectivity index (χ0v) is 49.4. The molecule has 0 bridgehead atoms. The van der Waals surface area contributed by atoms with Crippen LogP contribution in [0.25, 0.3) is 88.0 Å². The molecule has 0 amide bonds. The lowest BCUT2D eigenvalue weighted by atomic mass is 9.70. The maximum absolute atomic E-state index is 7.37. The fourth-order valence-electron chi connectivity index (χ4n) is 14.2. The van der Waals surface area contributed by atoms with Gasteiger partial charge in [0, 0.05) is 39.2 Å². The van der Waals surface area contributed by atoms with Crippen molar-refractivity contribution in [2.45, 2.75) is 57.8 Å². The number of rotatable bonds is 8. The minimum atomic E-state index is -0.724. The lowest BCUT2D eigenvalue weighted by Crippen LogP contribution is -2.26. The first kappa shape index (κ1) is 51.4. The molecule has 412 valence electrons. The Balaban J connectivity index is 0.945. The molecule has 3 heteroatoms. The normalized spacial score (nSPS) is 13.1. The standard InChI is InChI=1S/C83H64N2O/c1-81(2,3)61-35-43-64(44-36-61)84(63-39-31-55(32-40-63)59-29-27-53-17-7-9-19-57(53)49-59)67-47-48-70-74(51-67)83(72-24-14-11-21-68(72)69-22-12-15-25-73(69)83)75-52-76(80-79(78(70)75)71-23-13-16-26-77(71)86-80)85(66-45-37-62(38-46-66)82(4,5)6)65-41-33-56(34-42-65)60-30-28-54-18-8-10-20-58(54)50-60/h7-52H,1-6H3. The van der Waals surface area contributed by atoms with E-state index in [1.54, 1.807) is 0 Å². The monoisotopic (exact) mass is 1100 g/mol. The van der Waals surface area contributed by atoms with E-state index in [0.717, 1.165) is 61.6 Å². The highest BCUT2D eigenvalue weighted by Crippen LogP contribution is 2.66. The summed E-state index contributed by atoms with van der Waals surface area (Å²) in [4.78, 5) is 4.90. The van der Waals surface area contributed by atoms with E-state index >= 15 is 0 Å². The van der Waals surface area contributed by atoms with Crippen LogP contribution in [-0.2, 0) is 16.2 Å². The van der Waals surface area contributed by atoms with Gasteiger partial charge in [-0.15, -0.1) is 0 Å². The maximum Gasteiger partial charge on any atom is 0.160 e. The van der Waals surface area contributed by atoms with E-state index in [9.17, 15) is 0 Å². The Hall–Kier alpha value is -10.2. The van der Waals surface area contributed by atoms with Crippen LogP contribution >= 0.6 is 0 Å². The zero-order chi connectivity index (χ0) is 58.1. The minimum Gasteiger partial charge on any atom is -0.454 e. The second-order valence-electron chi connectivity index (χ2n) is 25.7. The number of hydrogen-bond acceptors (Lipinski definition) is 3. The summed E-state index contributed by atoms with van der Waals surface area (Å²) in [5.74, 6) is 0. The highest BCUT2D eigenvalue weighted by Gasteiger charge is 2.53. The van der Waals surface area contributed by atoms with Gasteiger partial charge in [-0.25, -0.2) is 0 Å². The highest BCUT2D eigenvalue weighted by molar-refractivity contribution is 6.20. The molecule has 0 N–H and O–H groups in total. The quantitative estimate of drug-likeness (QED) is 0.151. The van der Waals surface area contributed by atoms with Crippen LogP contribution in [0.2, 0.25) is 0 Å². The second-order valence-corrected chi connectivity index (χ2v) is 25.7. The van der Waals surface area contributed by atoms with Gasteiger partial charge in [-0.2, -0.15) is 0 Å². The van der Waals surface area contributed by atoms with Crippen molar-refractivity contribution in [2.75, 3.05) is 9.80 Å². The molecule has 0 unspecified atom stereocenters. The van der Waals surface area contributed by atoms with Gasteiger partial charge in [0.25, 0.3) is 0 Å². The first-order valence-electron chi connectivity index (χ1n) is 30.2. The van der Waals surface area contributed by atoms with Gasteiger partial charge in [-0.05, 0) is 195 Å². The Labute approximate surface area is 503 Å². The molecule has 1 heterocycles. The number of para-hydroxylation sites is 1. The first-order chi connectivity index (χ1) is 41.9. The Kier molecular flexibility index (Phi) is 11.6. The molecule has 16 rings (SSSR count). The molecule has 0 atom stereocenters. The minimum absolute atomic E-state index is 0.00587. The third kappa shape index (κ3) is 8.09. The lowest BCUT2D eigenvalue weighted by Gasteiger charge is -2.33. The summed E-state index contributed by atoms with van der Waals surface area (Å²) in [7, 11) is 0. The number of fused-ring (bicyclic) bond motifs is 16. The van der Waals surface area contributed by atoms with E-state index < -0.39 is 5.41 Å². The van der Waals surface area contributed by atoms with Crippen molar-refractivity contribution < 1.29 is 4.42 Å². The van der Waals surface area contributed by atoms with Crippen LogP contribution in [0.4, 0.5) is 34.1 Å². The van der Waals surface area contributed by atoms with Gasteiger partial charge in [0.15, 0.2) is 5.58 Å². The van der Waals surface area contributed by atoms with Gasteiger partial charge >= 0.3 is 0 Å². The first-order valence-corrected chi connectivity index (χ1v) is 30.2. The number of furan rings is 1. The van der Waals surface area contributed by atoms with Gasteiger partial charge in [0.1, 0.15) is 5.58 Å². The van der Waals surface area contributed by atoms with E-state index in [0.29, 0.717) is 0 Å². The molecule has 0 aliphatic heterocycles. The molecule has 2 aliphatic carbocycles.